The van der Waals surface area contributed by atoms with E-state index in [-0.39, 0.29) is 27.7 Å². The first-order valence-corrected chi connectivity index (χ1v) is 12.2. The molecule has 0 fully saturated rings. The number of thiocarbonyl (C=S) groups is 1. The van der Waals surface area contributed by atoms with Crippen molar-refractivity contribution >= 4 is 50.8 Å². The number of anilines is 2. The maximum Gasteiger partial charge on any atom is 0.321 e. The maximum absolute atomic E-state index is 12.7. The number of rotatable bonds is 9. The Hall–Kier alpha value is -4.23. The van der Waals surface area contributed by atoms with Gasteiger partial charge in [-0.05, 0) is 60.3 Å². The second-order valence-electron chi connectivity index (χ2n) is 6.96. The Morgan fingerprint density at radius 2 is 1.64 bits per heavy atom. The summed E-state index contributed by atoms with van der Waals surface area (Å²) in [6, 6.07) is 14.2. The highest BCUT2D eigenvalue weighted by Crippen LogP contribution is 2.21. The third-order valence-corrected chi connectivity index (χ3v) is 6.09. The molecular weight excluding hydrogens is 506 g/mol. The summed E-state index contributed by atoms with van der Waals surface area (Å²) in [6.07, 6.45) is 2.97. The molecule has 0 atom stereocenters. The minimum Gasteiger partial charge on any atom is -0.497 e. The Kier molecular flexibility index (Phi) is 8.76. The summed E-state index contributed by atoms with van der Waals surface area (Å²) in [5.41, 5.74) is 1.29. The third-order valence-electron chi connectivity index (χ3n) is 4.51. The van der Waals surface area contributed by atoms with Crippen molar-refractivity contribution in [1.29, 1.82) is 0 Å². The lowest BCUT2D eigenvalue weighted by molar-refractivity contribution is -0.115. The van der Waals surface area contributed by atoms with Gasteiger partial charge in [0.15, 0.2) is 10.9 Å². The van der Waals surface area contributed by atoms with Crippen molar-refractivity contribution in [2.24, 2.45) is 0 Å². The lowest BCUT2D eigenvalue weighted by Crippen LogP contribution is -2.32. The number of methoxy groups -OCH3 is 3. The molecule has 3 rings (SSSR count). The van der Waals surface area contributed by atoms with E-state index in [2.05, 4.69) is 25.3 Å². The first-order chi connectivity index (χ1) is 17.2. The van der Waals surface area contributed by atoms with Gasteiger partial charge in [-0.25, -0.2) is 8.42 Å². The van der Waals surface area contributed by atoms with Crippen LogP contribution in [0.4, 0.5) is 11.5 Å². The van der Waals surface area contributed by atoms with Gasteiger partial charge in [0.1, 0.15) is 5.75 Å². The summed E-state index contributed by atoms with van der Waals surface area (Å²) in [5, 5.41) is 5.40. The zero-order valence-corrected chi connectivity index (χ0v) is 21.1. The SMILES string of the molecule is COc1ccc(C=CC(=O)NC(=S)Nc2ccc(S(=O)(=O)Nc3cc(OC)nc(OC)n3)cc2)cc1. The Bertz CT molecular complexity index is 1340. The topological polar surface area (TPSA) is 141 Å². The number of benzene rings is 2. The molecule has 11 nitrogen and oxygen atoms in total. The van der Waals surface area contributed by atoms with Gasteiger partial charge in [0.25, 0.3) is 10.0 Å². The zero-order valence-electron chi connectivity index (χ0n) is 19.5. The minimum absolute atomic E-state index is 0.0208. The van der Waals surface area contributed by atoms with Crippen molar-refractivity contribution in [3.05, 3.63) is 66.2 Å². The summed E-state index contributed by atoms with van der Waals surface area (Å²) >= 11 is 5.15. The molecule has 0 spiro atoms. The van der Waals surface area contributed by atoms with Crippen LogP contribution in [0.2, 0.25) is 0 Å². The summed E-state index contributed by atoms with van der Waals surface area (Å²) < 4.78 is 42.9. The number of hydrogen-bond acceptors (Lipinski definition) is 9. The van der Waals surface area contributed by atoms with Gasteiger partial charge in [-0.15, -0.1) is 0 Å². The number of carbonyl (C=O) groups excluding carboxylic acids is 1. The standard InChI is InChI=1S/C23H23N5O6S2/c1-32-17-9-4-15(5-10-17)6-13-20(29)26-23(35)24-16-7-11-18(12-8-16)36(30,31)28-19-14-21(33-2)27-22(25-19)34-3/h4-14H,1-3H3,(H,25,27,28)(H2,24,26,29,35). The molecule has 1 amide bonds. The van der Waals surface area contributed by atoms with Crippen LogP contribution in [0.3, 0.4) is 0 Å². The molecule has 0 unspecified atom stereocenters. The molecule has 188 valence electrons. The van der Waals surface area contributed by atoms with E-state index in [0.717, 1.165) is 5.56 Å². The monoisotopic (exact) mass is 529 g/mol. The molecule has 2 aromatic carbocycles. The molecule has 3 aromatic rings. The molecule has 0 radical (unpaired) electrons. The molecule has 0 bridgehead atoms. The molecule has 0 saturated carbocycles. The fourth-order valence-electron chi connectivity index (χ4n) is 2.77. The van der Waals surface area contributed by atoms with Crippen LogP contribution in [0, 0.1) is 0 Å². The van der Waals surface area contributed by atoms with Crippen LogP contribution in [-0.2, 0) is 14.8 Å². The number of nitrogens with zero attached hydrogens (tertiary/aromatic N) is 2. The molecule has 1 heterocycles. The molecule has 0 aliphatic rings. The van der Waals surface area contributed by atoms with E-state index in [1.807, 2.05) is 0 Å². The van der Waals surface area contributed by atoms with Crippen LogP contribution in [0.5, 0.6) is 17.6 Å². The lowest BCUT2D eigenvalue weighted by Gasteiger charge is -2.11. The van der Waals surface area contributed by atoms with Crippen molar-refractivity contribution in [3.63, 3.8) is 0 Å². The summed E-state index contributed by atoms with van der Waals surface area (Å²) in [4.78, 5) is 20.0. The number of aromatic nitrogens is 2. The summed E-state index contributed by atoms with van der Waals surface area (Å²) in [7, 11) is 0.345. The van der Waals surface area contributed by atoms with Gasteiger partial charge < -0.3 is 19.5 Å². The Morgan fingerprint density at radius 1 is 0.944 bits per heavy atom. The number of hydrogen-bond donors (Lipinski definition) is 3. The number of amides is 1. The van der Waals surface area contributed by atoms with Crippen molar-refractivity contribution in [2.45, 2.75) is 4.90 Å². The Labute approximate surface area is 213 Å². The van der Waals surface area contributed by atoms with E-state index in [1.54, 1.807) is 37.5 Å². The highest BCUT2D eigenvalue weighted by atomic mass is 32.2. The van der Waals surface area contributed by atoms with Crippen LogP contribution >= 0.6 is 12.2 Å². The van der Waals surface area contributed by atoms with E-state index in [9.17, 15) is 13.2 Å². The predicted octanol–water partition coefficient (Wildman–Crippen LogP) is 2.83. The lowest BCUT2D eigenvalue weighted by atomic mass is 10.2. The quantitative estimate of drug-likeness (QED) is 0.280. The molecule has 13 heteroatoms. The van der Waals surface area contributed by atoms with Crippen molar-refractivity contribution in [2.75, 3.05) is 31.4 Å². The van der Waals surface area contributed by atoms with Gasteiger partial charge in [0.2, 0.25) is 11.8 Å². The van der Waals surface area contributed by atoms with Gasteiger partial charge in [0.05, 0.1) is 26.2 Å². The molecule has 0 aliphatic heterocycles. The van der Waals surface area contributed by atoms with Crippen molar-refractivity contribution < 1.29 is 27.4 Å². The van der Waals surface area contributed by atoms with E-state index in [1.165, 1.54) is 50.6 Å². The number of ether oxygens (including phenoxy) is 3. The number of nitrogens with one attached hydrogen (secondary N) is 3. The molecule has 1 aromatic heterocycles. The first-order valence-electron chi connectivity index (χ1n) is 10.3. The molecule has 3 N–H and O–H groups in total. The average molecular weight is 530 g/mol. The van der Waals surface area contributed by atoms with Crippen LogP contribution in [0.15, 0.2) is 65.6 Å². The molecule has 36 heavy (non-hydrogen) atoms. The van der Waals surface area contributed by atoms with Gasteiger partial charge in [-0.2, -0.15) is 9.97 Å². The second-order valence-corrected chi connectivity index (χ2v) is 9.05. The fourth-order valence-corrected chi connectivity index (χ4v) is 3.98. The molecule has 0 saturated heterocycles. The van der Waals surface area contributed by atoms with Crippen molar-refractivity contribution in [1.82, 2.24) is 15.3 Å². The number of sulfonamides is 1. The van der Waals surface area contributed by atoms with Gasteiger partial charge in [0, 0.05) is 17.8 Å². The van der Waals surface area contributed by atoms with Crippen LogP contribution in [-0.4, -0.2) is 50.7 Å². The van der Waals surface area contributed by atoms with E-state index in [4.69, 9.17) is 26.4 Å². The van der Waals surface area contributed by atoms with Crippen LogP contribution in [0.25, 0.3) is 6.08 Å². The Balaban J connectivity index is 1.59. The summed E-state index contributed by atoms with van der Waals surface area (Å²) in [5.74, 6) is 0.398. The van der Waals surface area contributed by atoms with E-state index in [0.29, 0.717) is 11.4 Å². The highest BCUT2D eigenvalue weighted by molar-refractivity contribution is 7.92. The van der Waals surface area contributed by atoms with E-state index >= 15 is 0 Å². The fraction of sp³-hybridized carbons (Fsp3) is 0.130. The van der Waals surface area contributed by atoms with Crippen LogP contribution in [0.1, 0.15) is 5.56 Å². The third kappa shape index (κ3) is 7.38. The predicted molar refractivity (Wildman–Crippen MR) is 139 cm³/mol. The van der Waals surface area contributed by atoms with Gasteiger partial charge in [-0.1, -0.05) is 12.1 Å². The second kappa shape index (κ2) is 12.0. The van der Waals surface area contributed by atoms with E-state index < -0.39 is 15.9 Å². The maximum atomic E-state index is 12.7. The zero-order chi connectivity index (χ0) is 26.1. The summed E-state index contributed by atoms with van der Waals surface area (Å²) in [6.45, 7) is 0. The van der Waals surface area contributed by atoms with Gasteiger partial charge in [-0.3, -0.25) is 14.8 Å². The highest BCUT2D eigenvalue weighted by Gasteiger charge is 2.17. The van der Waals surface area contributed by atoms with Crippen molar-refractivity contribution in [3.8, 4) is 17.6 Å². The first kappa shape index (κ1) is 26.4. The smallest absolute Gasteiger partial charge is 0.321 e. The molecular formula is C23H23N5O6S2. The number of carbonyl (C=O) groups is 1. The minimum atomic E-state index is -3.96. The largest absolute Gasteiger partial charge is 0.497 e. The normalized spacial score (nSPS) is 11.0. The Morgan fingerprint density at radius 3 is 2.25 bits per heavy atom. The average Bonchev–Trinajstić information content (AvgIpc) is 2.87. The van der Waals surface area contributed by atoms with Crippen LogP contribution < -0.4 is 29.6 Å². The van der Waals surface area contributed by atoms with Gasteiger partial charge >= 0.3 is 6.01 Å². The molecule has 0 aliphatic carbocycles.